The van der Waals surface area contributed by atoms with Crippen LogP contribution in [0.1, 0.15) is 0 Å². The molecule has 0 nitrogen and oxygen atoms in total. The van der Waals surface area contributed by atoms with Gasteiger partial charge in [0, 0.05) is 0 Å². The third kappa shape index (κ3) is 43.6. The first kappa shape index (κ1) is 74.0. The number of hydrogen-bond acceptors (Lipinski definition) is 0. The Kier molecular flexibility index (Phi) is 531. The first-order valence-corrected chi connectivity index (χ1v) is 0. The van der Waals surface area contributed by atoms with Gasteiger partial charge in [0.2, 0.25) is 0 Å². The molecule has 8 heavy (non-hydrogen) atoms. The van der Waals surface area contributed by atoms with Crippen molar-refractivity contribution in [3.8, 4) is 0 Å². The van der Waals surface area contributed by atoms with Gasteiger partial charge in [-0.05, 0) is 0 Å². The molecule has 0 amide bonds. The van der Waals surface area contributed by atoms with Gasteiger partial charge in [-0.3, -0.25) is 9.41 Å². The van der Waals surface area contributed by atoms with Gasteiger partial charge in [-0.15, -0.1) is 0 Å². The predicted molar refractivity (Wildman–Crippen MR) is 56.3 cm³/mol. The maximum absolute atomic E-state index is 0. The molecule has 0 fully saturated rings. The van der Waals surface area contributed by atoms with Crippen molar-refractivity contribution in [2.75, 3.05) is 0 Å². The molecule has 0 aromatic carbocycles. The molecule has 8 heteroatoms. The number of halogens is 2. The molecule has 0 aliphatic heterocycles. The van der Waals surface area contributed by atoms with Crippen LogP contribution in [-0.4, -0.2) is 163 Å². The third-order valence-electron chi connectivity index (χ3n) is 0. The van der Waals surface area contributed by atoms with E-state index in [1.165, 1.54) is 0 Å². The summed E-state index contributed by atoms with van der Waals surface area (Å²) >= 11 is 0. The topological polar surface area (TPSA) is 0 Å². The molecule has 0 rings (SSSR count). The van der Waals surface area contributed by atoms with Crippen LogP contribution in [-0.2, 0) is 0 Å². The molecule has 0 saturated heterocycles. The summed E-state index contributed by atoms with van der Waals surface area (Å²) in [6.45, 7) is 0. The van der Waals surface area contributed by atoms with E-state index in [4.69, 9.17) is 0 Å². The molecule has 0 atom stereocenters. The summed E-state index contributed by atoms with van der Waals surface area (Å²) in [5, 5.41) is 0. The fourth-order valence-electron chi connectivity index (χ4n) is 0. The van der Waals surface area contributed by atoms with E-state index in [1.807, 2.05) is 0 Å². The molecule has 0 bridgehead atoms. The van der Waals surface area contributed by atoms with E-state index < -0.39 is 0 Å². The van der Waals surface area contributed by atoms with Crippen LogP contribution < -0.4 is 0 Å². The second-order valence-electron chi connectivity index (χ2n) is 0. The van der Waals surface area contributed by atoms with E-state index in [1.54, 1.807) is 0 Å². The Hall–Kier alpha value is 5.08. The molecule has 0 heterocycles. The normalized spacial score (nSPS) is 0. The first-order valence-electron chi connectivity index (χ1n) is 0. The minimum absolute atomic E-state index is 0. The van der Waals surface area contributed by atoms with Crippen LogP contribution in [0.3, 0.4) is 0 Å². The Bertz CT molecular complexity index is 16.0. The van der Waals surface area contributed by atoms with Gasteiger partial charge in [-0.2, -0.15) is 0 Å². The Morgan fingerprint density at radius 2 is 0.500 bits per heavy atom. The van der Waals surface area contributed by atoms with Crippen molar-refractivity contribution in [2.45, 2.75) is 0 Å². The van der Waals surface area contributed by atoms with Crippen LogP contribution in [0, 0.1) is 0 Å². The second kappa shape index (κ2) is 57.5. The van der Waals surface area contributed by atoms with E-state index in [-0.39, 0.29) is 173 Å². The maximum atomic E-state index is 0. The fourth-order valence-corrected chi connectivity index (χ4v) is 0. The molecule has 0 N–H and O–H groups in total. The molecule has 40 valence electrons. The Morgan fingerprint density at radius 1 is 0.500 bits per heavy atom. The Labute approximate surface area is 168 Å². The first-order chi connectivity index (χ1) is 0. The van der Waals surface area contributed by atoms with Crippen LogP contribution in [0.25, 0.3) is 0 Å². The zero-order valence-corrected chi connectivity index (χ0v) is 0.816. The van der Waals surface area contributed by atoms with Crippen LogP contribution in [0.5, 0.6) is 0 Å². The van der Waals surface area contributed by atoms with E-state index in [2.05, 4.69) is 0 Å². The molecule has 0 spiro atoms. The summed E-state index contributed by atoms with van der Waals surface area (Å²) in [5.74, 6) is 0. The minimum atomic E-state index is 0. The Morgan fingerprint density at radius 3 is 0.500 bits per heavy atom. The molecule has 0 radical (unpaired) electrons. The third-order valence-corrected chi connectivity index (χ3v) is 0. The number of hydrogen-bond donors (Lipinski definition) is 0. The molecule has 0 aliphatic rings. The summed E-state index contributed by atoms with van der Waals surface area (Å²) in [4.78, 5) is 0. The van der Waals surface area contributed by atoms with Crippen LogP contribution in [0.2, 0.25) is 0 Å². The van der Waals surface area contributed by atoms with Crippen molar-refractivity contribution < 1.29 is 9.41 Å². The van der Waals surface area contributed by atoms with Crippen molar-refractivity contribution in [1.29, 1.82) is 0 Å². The van der Waals surface area contributed by atoms with Crippen molar-refractivity contribution in [2.24, 2.45) is 0 Å². The van der Waals surface area contributed by atoms with Gasteiger partial charge in [0.05, 0.1) is 0 Å². The van der Waals surface area contributed by atoms with Crippen LogP contribution >= 0.6 is 0 Å². The fraction of sp³-hybridized carbons (Fsp3) is 0. The van der Waals surface area contributed by atoms with Gasteiger partial charge in [0.15, 0.2) is 34.7 Å². The quantitative estimate of drug-likeness (QED) is 0.392. The molecule has 0 unspecified atom stereocenters. The van der Waals surface area contributed by atoms with E-state index >= 15 is 0 Å². The van der Waals surface area contributed by atoms with Crippen LogP contribution in [0.15, 0.2) is 0 Å². The van der Waals surface area contributed by atoms with Crippen molar-refractivity contribution in [3.05, 3.63) is 0 Å². The molecule has 0 aromatic rings. The van der Waals surface area contributed by atoms with Gasteiger partial charge in [0.25, 0.3) is 0 Å². The molecule has 0 saturated carbocycles. The van der Waals surface area contributed by atoms with Gasteiger partial charge in [-0.25, -0.2) is 0 Å². The van der Waals surface area contributed by atoms with Gasteiger partial charge in [0.1, 0.15) is 0 Å². The van der Waals surface area contributed by atoms with Crippen LogP contribution in [0.4, 0.5) is 9.41 Å². The molecular weight excluding hydrogens is 281 g/mol. The standard InChI is InChI=1S/2Al.2FH.2Li.2Sr.12H/h;;2*1H;;;;;;;;;;;;;;;;. The van der Waals surface area contributed by atoms with Gasteiger partial charge in [-0.1, -0.05) is 0 Å². The van der Waals surface area contributed by atoms with E-state index in [0.29, 0.717) is 0 Å². The zero-order valence-electron chi connectivity index (χ0n) is 0.816. The number of rotatable bonds is 0. The summed E-state index contributed by atoms with van der Waals surface area (Å²) < 4.78 is 0. The van der Waals surface area contributed by atoms with Crippen molar-refractivity contribution >= 4 is 163 Å². The molecule has 0 aliphatic carbocycles. The summed E-state index contributed by atoms with van der Waals surface area (Å²) in [7, 11) is 0. The van der Waals surface area contributed by atoms with E-state index in [0.717, 1.165) is 0 Å². The average molecular weight is 295 g/mol. The average Bonchev–Trinajstić information content (AvgIpc) is 0. The van der Waals surface area contributed by atoms with Gasteiger partial charge < -0.3 is 0 Å². The predicted octanol–water partition coefficient (Wildman–Crippen LogP) is -5.19. The van der Waals surface area contributed by atoms with Crippen molar-refractivity contribution in [3.63, 3.8) is 0 Å². The van der Waals surface area contributed by atoms with Gasteiger partial charge >= 0.3 is 129 Å². The summed E-state index contributed by atoms with van der Waals surface area (Å²) in [5.41, 5.74) is 0. The zero-order chi connectivity index (χ0) is 0. The SMILES string of the molecule is F.F.[AlH3].[AlH3].[LiH].[LiH].[SrH2].[SrH2]. The van der Waals surface area contributed by atoms with Crippen molar-refractivity contribution in [1.82, 2.24) is 0 Å². The second-order valence-corrected chi connectivity index (χ2v) is 0. The summed E-state index contributed by atoms with van der Waals surface area (Å²) in [6, 6.07) is 0. The summed E-state index contributed by atoms with van der Waals surface area (Å²) in [6.07, 6.45) is 0. The van der Waals surface area contributed by atoms with E-state index in [9.17, 15) is 0 Å². The Balaban J connectivity index is 0. The molecule has 0 aromatic heterocycles. The monoisotopic (exact) mass is 296 g/mol. The molecular formula is H14Al2F2Li2Sr2.